The van der Waals surface area contributed by atoms with Gasteiger partial charge in [0.15, 0.2) is 11.5 Å². The van der Waals surface area contributed by atoms with Crippen LogP contribution < -0.4 is 14.8 Å². The molecule has 0 saturated carbocycles. The zero-order chi connectivity index (χ0) is 17.2. The highest BCUT2D eigenvalue weighted by atomic mass is 16.7. The number of benzene rings is 1. The molecule has 0 atom stereocenters. The van der Waals surface area contributed by atoms with E-state index < -0.39 is 0 Å². The molecule has 7 heteroatoms. The Morgan fingerprint density at radius 2 is 2.20 bits per heavy atom. The van der Waals surface area contributed by atoms with Crippen molar-refractivity contribution in [3.8, 4) is 11.5 Å². The average molecular weight is 340 g/mol. The maximum Gasteiger partial charge on any atom is 0.234 e. The number of nitrogens with one attached hydrogen (secondary N) is 1. The molecule has 7 nitrogen and oxygen atoms in total. The molecule has 2 aromatic rings. The highest BCUT2D eigenvalue weighted by Gasteiger charge is 2.20. The van der Waals surface area contributed by atoms with E-state index in [-0.39, 0.29) is 12.7 Å². The molecule has 0 saturated heterocycles. The number of aryl methyl sites for hydroxylation is 1. The van der Waals surface area contributed by atoms with E-state index in [9.17, 15) is 4.79 Å². The number of amides is 1. The van der Waals surface area contributed by atoms with Crippen molar-refractivity contribution < 1.29 is 14.3 Å². The van der Waals surface area contributed by atoms with Gasteiger partial charge in [-0.2, -0.15) is 0 Å². The molecule has 1 aromatic heterocycles. The smallest absolute Gasteiger partial charge is 0.234 e. The molecule has 25 heavy (non-hydrogen) atoms. The lowest BCUT2D eigenvalue weighted by Crippen LogP contribution is -2.40. The summed E-state index contributed by atoms with van der Waals surface area (Å²) in [5, 5.41) is 2.96. The van der Waals surface area contributed by atoms with Gasteiger partial charge in [0, 0.05) is 25.8 Å². The standard InChI is InChI=1S/C18H20N4O3/c1-12-19-8-14-4-5-22(9-15(14)21-12)10-18(23)20-7-13-2-3-16-17(6-13)25-11-24-16/h2-3,6,8H,4-5,7,9-11H2,1H3,(H,20,23). The van der Waals surface area contributed by atoms with Crippen molar-refractivity contribution >= 4 is 5.91 Å². The molecule has 2 aliphatic heterocycles. The lowest BCUT2D eigenvalue weighted by Gasteiger charge is -2.27. The number of rotatable bonds is 4. The number of nitrogens with zero attached hydrogens (tertiary/aromatic N) is 3. The fraction of sp³-hybridized carbons (Fsp3) is 0.389. The van der Waals surface area contributed by atoms with Crippen LogP contribution in [0.5, 0.6) is 11.5 Å². The fourth-order valence-corrected chi connectivity index (χ4v) is 3.10. The van der Waals surface area contributed by atoms with Crippen molar-refractivity contribution in [1.82, 2.24) is 20.2 Å². The summed E-state index contributed by atoms with van der Waals surface area (Å²) in [7, 11) is 0. The molecule has 1 N–H and O–H groups in total. The lowest BCUT2D eigenvalue weighted by molar-refractivity contribution is -0.122. The third-order valence-corrected chi connectivity index (χ3v) is 4.44. The van der Waals surface area contributed by atoms with Gasteiger partial charge in [-0.15, -0.1) is 0 Å². The van der Waals surface area contributed by atoms with E-state index in [2.05, 4.69) is 20.2 Å². The predicted octanol–water partition coefficient (Wildman–Crippen LogP) is 1.19. The lowest BCUT2D eigenvalue weighted by atomic mass is 10.1. The van der Waals surface area contributed by atoms with E-state index >= 15 is 0 Å². The van der Waals surface area contributed by atoms with Gasteiger partial charge in [0.1, 0.15) is 5.82 Å². The zero-order valence-electron chi connectivity index (χ0n) is 14.1. The van der Waals surface area contributed by atoms with Gasteiger partial charge in [-0.1, -0.05) is 6.07 Å². The van der Waals surface area contributed by atoms with E-state index in [1.165, 1.54) is 5.56 Å². The number of fused-ring (bicyclic) bond motifs is 2. The second-order valence-electron chi connectivity index (χ2n) is 6.31. The zero-order valence-corrected chi connectivity index (χ0v) is 14.1. The minimum atomic E-state index is 0.00638. The summed E-state index contributed by atoms with van der Waals surface area (Å²) in [5.74, 6) is 2.26. The van der Waals surface area contributed by atoms with E-state index in [1.807, 2.05) is 31.3 Å². The molecule has 0 bridgehead atoms. The Balaban J connectivity index is 1.31. The number of carbonyl (C=O) groups is 1. The third kappa shape index (κ3) is 3.56. The largest absolute Gasteiger partial charge is 0.454 e. The predicted molar refractivity (Wildman–Crippen MR) is 90.2 cm³/mol. The monoisotopic (exact) mass is 340 g/mol. The molecule has 130 valence electrons. The average Bonchev–Trinajstić information content (AvgIpc) is 3.07. The van der Waals surface area contributed by atoms with Gasteiger partial charge in [-0.3, -0.25) is 9.69 Å². The first-order chi connectivity index (χ1) is 12.2. The second-order valence-corrected chi connectivity index (χ2v) is 6.31. The molecule has 0 aliphatic carbocycles. The Morgan fingerprint density at radius 3 is 3.12 bits per heavy atom. The van der Waals surface area contributed by atoms with Crippen LogP contribution >= 0.6 is 0 Å². The number of aromatic nitrogens is 2. The minimum absolute atomic E-state index is 0.00638. The third-order valence-electron chi connectivity index (χ3n) is 4.44. The van der Waals surface area contributed by atoms with Gasteiger partial charge in [0.25, 0.3) is 0 Å². The molecule has 0 radical (unpaired) electrons. The molecule has 3 heterocycles. The summed E-state index contributed by atoms with van der Waals surface area (Å²) in [6.45, 7) is 4.52. The van der Waals surface area contributed by atoms with E-state index in [1.54, 1.807) is 0 Å². The van der Waals surface area contributed by atoms with Gasteiger partial charge in [-0.05, 0) is 36.6 Å². The van der Waals surface area contributed by atoms with Gasteiger partial charge in [0.2, 0.25) is 12.7 Å². The van der Waals surface area contributed by atoms with Crippen molar-refractivity contribution in [3.05, 3.63) is 47.0 Å². The van der Waals surface area contributed by atoms with Gasteiger partial charge >= 0.3 is 0 Å². The number of hydrogen-bond acceptors (Lipinski definition) is 6. The fourth-order valence-electron chi connectivity index (χ4n) is 3.10. The van der Waals surface area contributed by atoms with Crippen LogP contribution in [0.25, 0.3) is 0 Å². The Hall–Kier alpha value is -2.67. The van der Waals surface area contributed by atoms with Crippen LogP contribution in [0.3, 0.4) is 0 Å². The van der Waals surface area contributed by atoms with Gasteiger partial charge < -0.3 is 14.8 Å². The van der Waals surface area contributed by atoms with E-state index in [0.717, 1.165) is 41.5 Å². The van der Waals surface area contributed by atoms with Crippen molar-refractivity contribution in [2.75, 3.05) is 19.9 Å². The first-order valence-corrected chi connectivity index (χ1v) is 8.36. The number of ether oxygens (including phenoxy) is 2. The Bertz CT molecular complexity index is 809. The highest BCUT2D eigenvalue weighted by Crippen LogP contribution is 2.32. The van der Waals surface area contributed by atoms with Crippen LogP contribution in [0.4, 0.5) is 0 Å². The summed E-state index contributed by atoms with van der Waals surface area (Å²) in [6, 6.07) is 5.71. The summed E-state index contributed by atoms with van der Waals surface area (Å²) < 4.78 is 10.6. The number of carbonyl (C=O) groups excluding carboxylic acids is 1. The van der Waals surface area contributed by atoms with Crippen molar-refractivity contribution in [2.45, 2.75) is 26.4 Å². The minimum Gasteiger partial charge on any atom is -0.454 e. The van der Waals surface area contributed by atoms with Crippen molar-refractivity contribution in [3.63, 3.8) is 0 Å². The molecule has 1 aromatic carbocycles. The first-order valence-electron chi connectivity index (χ1n) is 8.36. The van der Waals surface area contributed by atoms with Crippen LogP contribution in [-0.4, -0.2) is 40.7 Å². The summed E-state index contributed by atoms with van der Waals surface area (Å²) in [4.78, 5) is 23.1. The SMILES string of the molecule is Cc1ncc2c(n1)CN(CC(=O)NCc1ccc3c(c1)OCO3)CC2. The van der Waals surface area contributed by atoms with E-state index in [0.29, 0.717) is 19.6 Å². The molecule has 0 spiro atoms. The van der Waals surface area contributed by atoms with Crippen LogP contribution in [0.15, 0.2) is 24.4 Å². The summed E-state index contributed by atoms with van der Waals surface area (Å²) in [6.07, 6.45) is 2.78. The van der Waals surface area contributed by atoms with Gasteiger partial charge in [0.05, 0.1) is 12.2 Å². The summed E-state index contributed by atoms with van der Waals surface area (Å²) in [5.41, 5.74) is 3.20. The second kappa shape index (κ2) is 6.68. The molecule has 0 fully saturated rings. The topological polar surface area (TPSA) is 76.6 Å². The van der Waals surface area contributed by atoms with Crippen molar-refractivity contribution in [1.29, 1.82) is 0 Å². The van der Waals surface area contributed by atoms with Crippen LogP contribution in [0.1, 0.15) is 22.6 Å². The normalized spacial score (nSPS) is 15.7. The van der Waals surface area contributed by atoms with Crippen molar-refractivity contribution in [2.24, 2.45) is 0 Å². The highest BCUT2D eigenvalue weighted by molar-refractivity contribution is 5.78. The molecule has 0 unspecified atom stereocenters. The van der Waals surface area contributed by atoms with Gasteiger partial charge in [-0.25, -0.2) is 9.97 Å². The first kappa shape index (κ1) is 15.8. The molecular formula is C18H20N4O3. The quantitative estimate of drug-likeness (QED) is 0.901. The van der Waals surface area contributed by atoms with Crippen LogP contribution in [-0.2, 0) is 24.3 Å². The maximum atomic E-state index is 12.3. The molecular weight excluding hydrogens is 320 g/mol. The molecule has 1 amide bonds. The Labute approximate surface area is 146 Å². The van der Waals surface area contributed by atoms with Crippen LogP contribution in [0.2, 0.25) is 0 Å². The maximum absolute atomic E-state index is 12.3. The molecule has 2 aliphatic rings. The summed E-state index contributed by atoms with van der Waals surface area (Å²) >= 11 is 0. The molecule has 4 rings (SSSR count). The van der Waals surface area contributed by atoms with E-state index in [4.69, 9.17) is 9.47 Å². The van der Waals surface area contributed by atoms with Crippen LogP contribution in [0, 0.1) is 6.92 Å². The number of hydrogen-bond donors (Lipinski definition) is 1. The Morgan fingerprint density at radius 1 is 1.32 bits per heavy atom. The Kier molecular flexibility index (Phi) is 4.23.